The van der Waals surface area contributed by atoms with E-state index in [2.05, 4.69) is 0 Å². The molecule has 2 unspecified atom stereocenters. The van der Waals surface area contributed by atoms with E-state index in [9.17, 15) is 18.0 Å². The van der Waals surface area contributed by atoms with Crippen LogP contribution in [0.25, 0.3) is 0 Å². The van der Waals surface area contributed by atoms with E-state index in [1.807, 2.05) is 0 Å². The number of nitrogens with zero attached hydrogens (tertiary/aromatic N) is 3. The maximum atomic E-state index is 12.3. The van der Waals surface area contributed by atoms with Crippen molar-refractivity contribution in [1.82, 2.24) is 9.21 Å². The van der Waals surface area contributed by atoms with Crippen LogP contribution in [0, 0.1) is 0 Å². The van der Waals surface area contributed by atoms with Crippen molar-refractivity contribution in [3.63, 3.8) is 0 Å². The first kappa shape index (κ1) is 13.9. The summed E-state index contributed by atoms with van der Waals surface area (Å²) in [5, 5.41) is 0. The lowest BCUT2D eigenvalue weighted by Gasteiger charge is -2.42. The summed E-state index contributed by atoms with van der Waals surface area (Å²) in [6, 6.07) is 1.22. The fourth-order valence-corrected chi connectivity index (χ4v) is 3.68. The van der Waals surface area contributed by atoms with Crippen molar-refractivity contribution in [3.05, 3.63) is 18.4 Å². The van der Waals surface area contributed by atoms with Gasteiger partial charge in [-0.1, -0.05) is 0 Å². The number of amides is 3. The van der Waals surface area contributed by atoms with Crippen molar-refractivity contribution < 1.29 is 27.0 Å². The van der Waals surface area contributed by atoms with Gasteiger partial charge in [0.15, 0.2) is 0 Å². The normalized spacial score (nSPS) is 24.8. The first-order chi connectivity index (χ1) is 9.82. The summed E-state index contributed by atoms with van der Waals surface area (Å²) in [6.07, 6.45) is 1.72. The van der Waals surface area contributed by atoms with Crippen LogP contribution < -0.4 is 4.90 Å². The molecule has 21 heavy (non-hydrogen) atoms. The maximum absolute atomic E-state index is 12.3. The van der Waals surface area contributed by atoms with Crippen molar-refractivity contribution in [2.45, 2.75) is 18.5 Å². The van der Waals surface area contributed by atoms with E-state index in [0.717, 1.165) is 0 Å². The molecule has 2 saturated heterocycles. The van der Waals surface area contributed by atoms with Gasteiger partial charge in [-0.15, -0.1) is 0 Å². The third-order valence-electron chi connectivity index (χ3n) is 3.76. The Morgan fingerprint density at radius 1 is 1.52 bits per heavy atom. The topological polar surface area (TPSA) is 111 Å². The largest absolute Gasteiger partial charge is 0.448 e. The minimum atomic E-state index is -4.57. The molecular formula is C11H13N3O6S. The van der Waals surface area contributed by atoms with Crippen LogP contribution in [0.4, 0.5) is 10.7 Å². The lowest BCUT2D eigenvalue weighted by molar-refractivity contribution is -0.143. The molecule has 1 aromatic heterocycles. The summed E-state index contributed by atoms with van der Waals surface area (Å²) in [5.74, 6) is -0.469. The zero-order valence-corrected chi connectivity index (χ0v) is 11.9. The first-order valence-electron chi connectivity index (χ1n) is 6.21. The highest BCUT2D eigenvalue weighted by Crippen LogP contribution is 2.36. The van der Waals surface area contributed by atoms with Crippen molar-refractivity contribution in [2.24, 2.45) is 0 Å². The number of fused-ring (bicyclic) bond motifs is 1. The van der Waals surface area contributed by atoms with Crippen molar-refractivity contribution >= 4 is 28.1 Å². The minimum absolute atomic E-state index is 0.233. The van der Waals surface area contributed by atoms with Gasteiger partial charge in [-0.3, -0.25) is 14.2 Å². The van der Waals surface area contributed by atoms with E-state index in [0.29, 0.717) is 16.6 Å². The van der Waals surface area contributed by atoms with E-state index < -0.39 is 34.3 Å². The lowest BCUT2D eigenvalue weighted by Crippen LogP contribution is -2.69. The summed E-state index contributed by atoms with van der Waals surface area (Å²) in [6.45, 7) is 0.233. The van der Waals surface area contributed by atoms with E-state index in [1.165, 1.54) is 23.1 Å². The van der Waals surface area contributed by atoms with Crippen LogP contribution in [-0.4, -0.2) is 59.8 Å². The number of furan rings is 1. The number of hydrogen-bond acceptors (Lipinski definition) is 5. The number of rotatable bonds is 2. The Balaban J connectivity index is 1.78. The molecule has 3 amide bonds. The number of carbonyl (C=O) groups excluding carboxylic acids is 2. The molecule has 2 fully saturated rings. The highest BCUT2D eigenvalue weighted by atomic mass is 32.2. The molecule has 9 nitrogen and oxygen atoms in total. The van der Waals surface area contributed by atoms with Gasteiger partial charge in [0.2, 0.25) is 5.88 Å². The Labute approximate surface area is 120 Å². The number of hydrogen-bond donors (Lipinski definition) is 1. The van der Waals surface area contributed by atoms with Gasteiger partial charge in [-0.05, 0) is 12.5 Å². The van der Waals surface area contributed by atoms with Crippen LogP contribution in [0.2, 0.25) is 0 Å². The summed E-state index contributed by atoms with van der Waals surface area (Å²) in [4.78, 5) is 26.7. The van der Waals surface area contributed by atoms with Gasteiger partial charge in [-0.25, -0.2) is 9.10 Å². The van der Waals surface area contributed by atoms with Crippen LogP contribution in [-0.2, 0) is 15.1 Å². The Morgan fingerprint density at radius 3 is 2.81 bits per heavy atom. The van der Waals surface area contributed by atoms with Gasteiger partial charge in [0.05, 0.1) is 12.3 Å². The fraction of sp³-hybridized carbons (Fsp3) is 0.455. The number of likely N-dealkylation sites (tertiary alicyclic amines) is 1. The number of anilines is 1. The SMILES string of the molecule is CN(C(=O)N1CCC2C1C(=O)N2S(=O)(=O)O)c1ccco1. The monoisotopic (exact) mass is 315 g/mol. The Hall–Kier alpha value is -2.07. The van der Waals surface area contributed by atoms with Gasteiger partial charge in [0.25, 0.3) is 5.91 Å². The van der Waals surface area contributed by atoms with Crippen LogP contribution in [0.15, 0.2) is 22.8 Å². The molecule has 0 spiro atoms. The molecule has 0 aliphatic carbocycles. The van der Waals surface area contributed by atoms with E-state index in [1.54, 1.807) is 12.1 Å². The number of carbonyl (C=O) groups is 2. The molecule has 0 bridgehead atoms. The van der Waals surface area contributed by atoms with Crippen LogP contribution in [0.1, 0.15) is 6.42 Å². The van der Waals surface area contributed by atoms with Gasteiger partial charge in [-0.2, -0.15) is 8.42 Å². The fourth-order valence-electron chi connectivity index (χ4n) is 2.78. The molecule has 0 aromatic carbocycles. The lowest BCUT2D eigenvalue weighted by atomic mass is 10.0. The summed E-state index contributed by atoms with van der Waals surface area (Å²) < 4.78 is 36.7. The molecule has 1 aromatic rings. The Morgan fingerprint density at radius 2 is 2.24 bits per heavy atom. The number of β-lactam (4-membered cyclic amide) rings is 1. The molecule has 2 aliphatic heterocycles. The highest BCUT2D eigenvalue weighted by molar-refractivity contribution is 7.84. The van der Waals surface area contributed by atoms with Crippen molar-refractivity contribution in [3.8, 4) is 0 Å². The molecule has 3 heterocycles. The van der Waals surface area contributed by atoms with E-state index in [-0.39, 0.29) is 6.54 Å². The molecule has 10 heteroatoms. The number of urea groups is 1. The molecule has 1 N–H and O–H groups in total. The zero-order chi connectivity index (χ0) is 15.4. The standard InChI is InChI=1S/C11H13N3O6S/c1-12(8-3-2-6-20-8)11(16)13-5-4-7-9(13)10(15)14(7)21(17,18)19/h2-3,6-7,9H,4-5H2,1H3,(H,17,18,19). The maximum Gasteiger partial charge on any atom is 0.362 e. The first-order valence-corrected chi connectivity index (χ1v) is 7.60. The minimum Gasteiger partial charge on any atom is -0.448 e. The third-order valence-corrected chi connectivity index (χ3v) is 4.70. The van der Waals surface area contributed by atoms with Crippen molar-refractivity contribution in [1.29, 1.82) is 0 Å². The van der Waals surface area contributed by atoms with Crippen LogP contribution in [0.3, 0.4) is 0 Å². The second-order valence-electron chi connectivity index (χ2n) is 4.90. The van der Waals surface area contributed by atoms with E-state index in [4.69, 9.17) is 8.97 Å². The van der Waals surface area contributed by atoms with Crippen LogP contribution in [0.5, 0.6) is 0 Å². The van der Waals surface area contributed by atoms with Gasteiger partial charge in [0.1, 0.15) is 6.04 Å². The van der Waals surface area contributed by atoms with Gasteiger partial charge in [0, 0.05) is 19.7 Å². The van der Waals surface area contributed by atoms with Crippen molar-refractivity contribution in [2.75, 3.05) is 18.5 Å². The molecule has 3 rings (SSSR count). The predicted molar refractivity (Wildman–Crippen MR) is 69.8 cm³/mol. The molecular weight excluding hydrogens is 302 g/mol. The van der Waals surface area contributed by atoms with Gasteiger partial charge >= 0.3 is 16.3 Å². The van der Waals surface area contributed by atoms with Crippen LogP contribution >= 0.6 is 0 Å². The molecule has 114 valence electrons. The molecule has 0 radical (unpaired) electrons. The van der Waals surface area contributed by atoms with Gasteiger partial charge < -0.3 is 9.32 Å². The second kappa shape index (κ2) is 4.46. The Kier molecular flexibility index (Phi) is 2.95. The average Bonchev–Trinajstić information content (AvgIpc) is 3.01. The second-order valence-corrected chi connectivity index (χ2v) is 6.19. The third kappa shape index (κ3) is 1.98. The predicted octanol–water partition coefficient (Wildman–Crippen LogP) is -0.0763. The zero-order valence-electron chi connectivity index (χ0n) is 11.0. The summed E-state index contributed by atoms with van der Waals surface area (Å²) >= 11 is 0. The Bertz CT molecular complexity index is 685. The quantitative estimate of drug-likeness (QED) is 0.604. The summed E-state index contributed by atoms with van der Waals surface area (Å²) in [5.41, 5.74) is 0. The van der Waals surface area contributed by atoms with E-state index >= 15 is 0 Å². The molecule has 2 atom stereocenters. The smallest absolute Gasteiger partial charge is 0.362 e. The highest BCUT2D eigenvalue weighted by Gasteiger charge is 2.60. The summed E-state index contributed by atoms with van der Waals surface area (Å²) in [7, 11) is -3.07. The molecule has 2 aliphatic rings. The molecule has 0 saturated carbocycles. The average molecular weight is 315 g/mol.